The fourth-order valence-electron chi connectivity index (χ4n) is 1.69. The van der Waals surface area contributed by atoms with E-state index in [0.717, 1.165) is 11.3 Å². The summed E-state index contributed by atoms with van der Waals surface area (Å²) >= 11 is 0. The van der Waals surface area contributed by atoms with E-state index < -0.39 is 6.04 Å². The molecule has 3 heteroatoms. The number of halogens is 1. The van der Waals surface area contributed by atoms with Gasteiger partial charge in [0.2, 0.25) is 0 Å². The first-order valence-electron chi connectivity index (χ1n) is 5.67. The van der Waals surface area contributed by atoms with E-state index in [4.69, 9.17) is 5.26 Å². The molecule has 0 amide bonds. The van der Waals surface area contributed by atoms with Crippen molar-refractivity contribution < 1.29 is 4.39 Å². The molecule has 0 saturated heterocycles. The Morgan fingerprint density at radius 2 is 1.89 bits per heavy atom. The van der Waals surface area contributed by atoms with Crippen LogP contribution in [0.5, 0.6) is 0 Å². The first kappa shape index (κ1) is 12.1. The van der Waals surface area contributed by atoms with E-state index in [9.17, 15) is 4.39 Å². The largest absolute Gasteiger partial charge is 0.366 e. The van der Waals surface area contributed by atoms with E-state index in [-0.39, 0.29) is 5.82 Å². The van der Waals surface area contributed by atoms with Gasteiger partial charge >= 0.3 is 0 Å². The van der Waals surface area contributed by atoms with E-state index in [0.29, 0.717) is 5.56 Å². The Morgan fingerprint density at radius 1 is 1.17 bits per heavy atom. The summed E-state index contributed by atoms with van der Waals surface area (Å²) < 4.78 is 13.1. The number of anilines is 1. The van der Waals surface area contributed by atoms with Gasteiger partial charge in [-0.25, -0.2) is 4.39 Å². The number of nitriles is 1. The van der Waals surface area contributed by atoms with Crippen LogP contribution in [0.2, 0.25) is 0 Å². The Bertz CT molecular complexity index is 570. The predicted octanol–water partition coefficient (Wildman–Crippen LogP) is 3.81. The van der Waals surface area contributed by atoms with Gasteiger partial charge in [-0.3, -0.25) is 0 Å². The zero-order valence-corrected chi connectivity index (χ0v) is 10.0. The zero-order chi connectivity index (χ0) is 13.0. The molecule has 90 valence electrons. The van der Waals surface area contributed by atoms with E-state index in [1.807, 2.05) is 31.2 Å². The zero-order valence-electron chi connectivity index (χ0n) is 10.0. The Morgan fingerprint density at radius 3 is 2.50 bits per heavy atom. The average molecular weight is 240 g/mol. The second kappa shape index (κ2) is 5.33. The number of nitrogens with one attached hydrogen (secondary N) is 1. The van der Waals surface area contributed by atoms with Crippen molar-refractivity contribution in [1.82, 2.24) is 0 Å². The summed E-state index contributed by atoms with van der Waals surface area (Å²) in [7, 11) is 0. The molecular formula is C15H13FN2. The Kier molecular flexibility index (Phi) is 3.59. The lowest BCUT2D eigenvalue weighted by Gasteiger charge is -2.13. The summed E-state index contributed by atoms with van der Waals surface area (Å²) in [6, 6.07) is 15.4. The number of nitrogens with zero attached hydrogens (tertiary/aromatic N) is 1. The highest BCUT2D eigenvalue weighted by molar-refractivity contribution is 5.48. The van der Waals surface area contributed by atoms with Gasteiger partial charge in [-0.1, -0.05) is 29.8 Å². The van der Waals surface area contributed by atoms with E-state index in [1.54, 1.807) is 12.1 Å². The normalized spacial score (nSPS) is 11.6. The standard InChI is InChI=1S/C15H13FN2/c1-11-5-7-14(8-6-11)18-15(10-17)12-3-2-4-13(16)9-12/h2-9,15,18H,1H3. The van der Waals surface area contributed by atoms with Gasteiger partial charge in [0, 0.05) is 5.69 Å². The maximum Gasteiger partial charge on any atom is 0.140 e. The first-order valence-corrected chi connectivity index (χ1v) is 5.67. The average Bonchev–Trinajstić information content (AvgIpc) is 2.38. The van der Waals surface area contributed by atoms with Crippen LogP contribution >= 0.6 is 0 Å². The first-order chi connectivity index (χ1) is 8.69. The van der Waals surface area contributed by atoms with Crippen LogP contribution in [0.1, 0.15) is 17.2 Å². The number of hydrogen-bond acceptors (Lipinski definition) is 2. The summed E-state index contributed by atoms with van der Waals surface area (Å²) in [6.07, 6.45) is 0. The van der Waals surface area contributed by atoms with Crippen LogP contribution in [0.3, 0.4) is 0 Å². The topological polar surface area (TPSA) is 35.8 Å². The highest BCUT2D eigenvalue weighted by Crippen LogP contribution is 2.20. The molecule has 0 heterocycles. The molecule has 0 aliphatic rings. The molecule has 0 aliphatic heterocycles. The van der Waals surface area contributed by atoms with Crippen molar-refractivity contribution in [1.29, 1.82) is 5.26 Å². The molecule has 1 unspecified atom stereocenters. The minimum absolute atomic E-state index is 0.335. The molecule has 0 radical (unpaired) electrons. The maximum absolute atomic E-state index is 13.1. The molecule has 2 rings (SSSR count). The predicted molar refractivity (Wildman–Crippen MR) is 69.6 cm³/mol. The molecule has 0 aromatic heterocycles. The van der Waals surface area contributed by atoms with Crippen LogP contribution < -0.4 is 5.32 Å². The highest BCUT2D eigenvalue weighted by Gasteiger charge is 2.10. The van der Waals surface area contributed by atoms with Crippen LogP contribution in [-0.2, 0) is 0 Å². The van der Waals surface area contributed by atoms with Gasteiger partial charge in [-0.05, 0) is 36.8 Å². The van der Waals surface area contributed by atoms with Crippen molar-refractivity contribution in [3.8, 4) is 6.07 Å². The number of hydrogen-bond donors (Lipinski definition) is 1. The SMILES string of the molecule is Cc1ccc(NC(C#N)c2cccc(F)c2)cc1. The van der Waals surface area contributed by atoms with Gasteiger partial charge in [-0.15, -0.1) is 0 Å². The molecule has 0 spiro atoms. The van der Waals surface area contributed by atoms with Gasteiger partial charge in [0.15, 0.2) is 0 Å². The summed E-state index contributed by atoms with van der Waals surface area (Å²) in [6.45, 7) is 2.00. The van der Waals surface area contributed by atoms with Crippen LogP contribution in [0, 0.1) is 24.1 Å². The van der Waals surface area contributed by atoms with Gasteiger partial charge in [0.1, 0.15) is 11.9 Å². The maximum atomic E-state index is 13.1. The minimum Gasteiger partial charge on any atom is -0.366 e. The molecule has 2 nitrogen and oxygen atoms in total. The Balaban J connectivity index is 2.20. The molecular weight excluding hydrogens is 227 g/mol. The Hall–Kier alpha value is -2.34. The van der Waals surface area contributed by atoms with E-state index in [2.05, 4.69) is 11.4 Å². The van der Waals surface area contributed by atoms with Crippen molar-refractivity contribution in [2.24, 2.45) is 0 Å². The fraction of sp³-hybridized carbons (Fsp3) is 0.133. The van der Waals surface area contributed by atoms with Crippen LogP contribution in [0.15, 0.2) is 48.5 Å². The Labute approximate surface area is 106 Å². The van der Waals surface area contributed by atoms with Crippen molar-refractivity contribution in [3.05, 3.63) is 65.5 Å². The van der Waals surface area contributed by atoms with Gasteiger partial charge in [0.05, 0.1) is 6.07 Å². The number of benzene rings is 2. The molecule has 2 aromatic carbocycles. The smallest absolute Gasteiger partial charge is 0.140 e. The lowest BCUT2D eigenvalue weighted by molar-refractivity contribution is 0.625. The molecule has 0 bridgehead atoms. The molecule has 0 saturated carbocycles. The molecule has 2 aromatic rings. The quantitative estimate of drug-likeness (QED) is 0.885. The summed E-state index contributed by atoms with van der Waals surface area (Å²) in [5.74, 6) is -0.335. The number of aryl methyl sites for hydroxylation is 1. The third-order valence-corrected chi connectivity index (χ3v) is 2.67. The molecule has 1 atom stereocenters. The fourth-order valence-corrected chi connectivity index (χ4v) is 1.69. The summed E-state index contributed by atoms with van der Waals surface area (Å²) in [4.78, 5) is 0. The lowest BCUT2D eigenvalue weighted by atomic mass is 10.1. The molecule has 1 N–H and O–H groups in total. The summed E-state index contributed by atoms with van der Waals surface area (Å²) in [5, 5.41) is 12.2. The third kappa shape index (κ3) is 2.86. The van der Waals surface area contributed by atoms with E-state index in [1.165, 1.54) is 12.1 Å². The lowest BCUT2D eigenvalue weighted by Crippen LogP contribution is -2.08. The monoisotopic (exact) mass is 240 g/mol. The van der Waals surface area contributed by atoms with Gasteiger partial charge < -0.3 is 5.32 Å². The van der Waals surface area contributed by atoms with E-state index >= 15 is 0 Å². The summed E-state index contributed by atoms with van der Waals surface area (Å²) in [5.41, 5.74) is 2.62. The van der Waals surface area contributed by atoms with Crippen LogP contribution in [0.4, 0.5) is 10.1 Å². The van der Waals surface area contributed by atoms with Gasteiger partial charge in [0.25, 0.3) is 0 Å². The van der Waals surface area contributed by atoms with Crippen molar-refractivity contribution in [2.45, 2.75) is 13.0 Å². The second-order valence-electron chi connectivity index (χ2n) is 4.13. The highest BCUT2D eigenvalue weighted by atomic mass is 19.1. The van der Waals surface area contributed by atoms with Crippen molar-refractivity contribution in [2.75, 3.05) is 5.32 Å². The van der Waals surface area contributed by atoms with Crippen molar-refractivity contribution in [3.63, 3.8) is 0 Å². The third-order valence-electron chi connectivity index (χ3n) is 2.67. The van der Waals surface area contributed by atoms with Gasteiger partial charge in [-0.2, -0.15) is 5.26 Å². The number of rotatable bonds is 3. The van der Waals surface area contributed by atoms with Crippen LogP contribution in [-0.4, -0.2) is 0 Å². The molecule has 0 fully saturated rings. The molecule has 0 aliphatic carbocycles. The van der Waals surface area contributed by atoms with Crippen molar-refractivity contribution >= 4 is 5.69 Å². The minimum atomic E-state index is -0.552. The van der Waals surface area contributed by atoms with Crippen LogP contribution in [0.25, 0.3) is 0 Å². The second-order valence-corrected chi connectivity index (χ2v) is 4.13. The molecule has 18 heavy (non-hydrogen) atoms.